The number of carbonyl (C=O) groups excluding carboxylic acids is 2. The van der Waals surface area contributed by atoms with E-state index in [-0.39, 0.29) is 11.8 Å². The van der Waals surface area contributed by atoms with Gasteiger partial charge in [0.1, 0.15) is 5.75 Å². The monoisotopic (exact) mass is 399 g/mol. The third-order valence-corrected chi connectivity index (χ3v) is 4.36. The molecule has 30 heavy (non-hydrogen) atoms. The fourth-order valence-electron chi connectivity index (χ4n) is 2.78. The van der Waals surface area contributed by atoms with Crippen molar-refractivity contribution in [1.82, 2.24) is 5.32 Å². The standard InChI is InChI=1S/C24H21N3O3/c1-17(23(28)27-20-11-7-10-19(14-20)15-25)30-22-13-6-5-12-21(22)24(29)26-16-18-8-3-2-4-9-18/h2-14,17H,16H2,1H3,(H,26,29)(H,27,28). The van der Waals surface area contributed by atoms with Gasteiger partial charge in [0.15, 0.2) is 6.10 Å². The predicted octanol–water partition coefficient (Wildman–Crippen LogP) is 3.89. The Hall–Kier alpha value is -4.11. The highest BCUT2D eigenvalue weighted by Crippen LogP contribution is 2.20. The second-order valence-corrected chi connectivity index (χ2v) is 6.61. The molecule has 1 unspecified atom stereocenters. The summed E-state index contributed by atoms with van der Waals surface area (Å²) in [5.74, 6) is -0.357. The van der Waals surface area contributed by atoms with Gasteiger partial charge in [-0.3, -0.25) is 9.59 Å². The molecule has 0 saturated heterocycles. The van der Waals surface area contributed by atoms with Crippen molar-refractivity contribution in [2.24, 2.45) is 0 Å². The molecule has 1 atom stereocenters. The van der Waals surface area contributed by atoms with Gasteiger partial charge in [-0.15, -0.1) is 0 Å². The van der Waals surface area contributed by atoms with Crippen LogP contribution in [0.2, 0.25) is 0 Å². The van der Waals surface area contributed by atoms with Crippen LogP contribution in [0.3, 0.4) is 0 Å². The normalized spacial score (nSPS) is 11.1. The Kier molecular flexibility index (Phi) is 6.80. The quantitative estimate of drug-likeness (QED) is 0.630. The molecule has 6 heteroatoms. The fourth-order valence-corrected chi connectivity index (χ4v) is 2.78. The number of amides is 2. The number of benzene rings is 3. The maximum Gasteiger partial charge on any atom is 0.265 e. The minimum Gasteiger partial charge on any atom is -0.480 e. The summed E-state index contributed by atoms with van der Waals surface area (Å²) in [6.45, 7) is 1.99. The van der Waals surface area contributed by atoms with E-state index in [1.54, 1.807) is 55.5 Å². The third-order valence-electron chi connectivity index (χ3n) is 4.36. The number of anilines is 1. The summed E-state index contributed by atoms with van der Waals surface area (Å²) in [5.41, 5.74) is 2.28. The zero-order valence-electron chi connectivity index (χ0n) is 16.5. The van der Waals surface area contributed by atoms with Gasteiger partial charge >= 0.3 is 0 Å². The van der Waals surface area contributed by atoms with Crippen molar-refractivity contribution in [2.45, 2.75) is 19.6 Å². The molecule has 3 rings (SSSR count). The SMILES string of the molecule is CC(Oc1ccccc1C(=O)NCc1ccccc1)C(=O)Nc1cccc(C#N)c1. The van der Waals surface area contributed by atoms with Gasteiger partial charge in [-0.05, 0) is 42.8 Å². The summed E-state index contributed by atoms with van der Waals surface area (Å²) in [4.78, 5) is 25.1. The van der Waals surface area contributed by atoms with Crippen molar-refractivity contribution < 1.29 is 14.3 Å². The summed E-state index contributed by atoms with van der Waals surface area (Å²) in [7, 11) is 0. The van der Waals surface area contributed by atoms with Gasteiger partial charge in [-0.25, -0.2) is 0 Å². The van der Waals surface area contributed by atoms with E-state index in [1.807, 2.05) is 36.4 Å². The number of nitrogens with zero attached hydrogens (tertiary/aromatic N) is 1. The molecule has 150 valence electrons. The summed E-state index contributed by atoms with van der Waals surface area (Å²) in [5, 5.41) is 14.6. The molecule has 2 N–H and O–H groups in total. The lowest BCUT2D eigenvalue weighted by molar-refractivity contribution is -0.122. The Balaban J connectivity index is 1.65. The van der Waals surface area contributed by atoms with Crippen LogP contribution in [-0.2, 0) is 11.3 Å². The summed E-state index contributed by atoms with van der Waals surface area (Å²) in [6, 6.07) is 25.0. The van der Waals surface area contributed by atoms with Crippen molar-refractivity contribution in [3.8, 4) is 11.8 Å². The molecule has 0 bridgehead atoms. The lowest BCUT2D eigenvalue weighted by atomic mass is 10.1. The first-order valence-corrected chi connectivity index (χ1v) is 9.45. The Morgan fingerprint density at radius 1 is 1.00 bits per heavy atom. The molecule has 6 nitrogen and oxygen atoms in total. The molecular weight excluding hydrogens is 378 g/mol. The smallest absolute Gasteiger partial charge is 0.265 e. The number of nitriles is 1. The van der Waals surface area contributed by atoms with Gasteiger partial charge in [0, 0.05) is 12.2 Å². The molecule has 0 aliphatic carbocycles. The van der Waals surface area contributed by atoms with E-state index in [0.29, 0.717) is 29.1 Å². The van der Waals surface area contributed by atoms with Crippen LogP contribution in [0, 0.1) is 11.3 Å². The number of hydrogen-bond acceptors (Lipinski definition) is 4. The van der Waals surface area contributed by atoms with Gasteiger partial charge in [0.2, 0.25) is 0 Å². The summed E-state index contributed by atoms with van der Waals surface area (Å²) < 4.78 is 5.77. The highest BCUT2D eigenvalue weighted by atomic mass is 16.5. The summed E-state index contributed by atoms with van der Waals surface area (Å²) >= 11 is 0. The molecule has 0 saturated carbocycles. The number of hydrogen-bond donors (Lipinski definition) is 2. The van der Waals surface area contributed by atoms with Gasteiger partial charge < -0.3 is 15.4 Å². The van der Waals surface area contributed by atoms with E-state index < -0.39 is 6.10 Å². The molecule has 3 aromatic carbocycles. The van der Waals surface area contributed by atoms with E-state index >= 15 is 0 Å². The highest BCUT2D eigenvalue weighted by molar-refractivity contribution is 5.97. The maximum atomic E-state index is 12.6. The maximum absolute atomic E-state index is 12.6. The average Bonchev–Trinajstić information content (AvgIpc) is 2.78. The third kappa shape index (κ3) is 5.46. The molecule has 0 aromatic heterocycles. The highest BCUT2D eigenvalue weighted by Gasteiger charge is 2.19. The number of rotatable bonds is 7. The first kappa shape index (κ1) is 20.6. The van der Waals surface area contributed by atoms with E-state index in [1.165, 1.54) is 0 Å². The van der Waals surface area contributed by atoms with Crippen LogP contribution >= 0.6 is 0 Å². The van der Waals surface area contributed by atoms with Crippen molar-refractivity contribution in [1.29, 1.82) is 5.26 Å². The molecule has 0 heterocycles. The molecule has 2 amide bonds. The number of para-hydroxylation sites is 1. The molecular formula is C24H21N3O3. The van der Waals surface area contributed by atoms with Gasteiger partial charge in [-0.2, -0.15) is 5.26 Å². The minimum atomic E-state index is -0.848. The Morgan fingerprint density at radius 3 is 2.50 bits per heavy atom. The molecule has 0 aliphatic heterocycles. The second kappa shape index (κ2) is 9.89. The van der Waals surface area contributed by atoms with Crippen LogP contribution in [-0.4, -0.2) is 17.9 Å². The van der Waals surface area contributed by atoms with Crippen molar-refractivity contribution in [3.05, 3.63) is 95.6 Å². The molecule has 0 radical (unpaired) electrons. The number of carbonyl (C=O) groups is 2. The van der Waals surface area contributed by atoms with Crippen LogP contribution in [0.5, 0.6) is 5.75 Å². The Morgan fingerprint density at radius 2 is 1.73 bits per heavy atom. The molecule has 0 aliphatic rings. The average molecular weight is 399 g/mol. The van der Waals surface area contributed by atoms with E-state index in [0.717, 1.165) is 5.56 Å². The van der Waals surface area contributed by atoms with Crippen molar-refractivity contribution in [3.63, 3.8) is 0 Å². The van der Waals surface area contributed by atoms with E-state index in [2.05, 4.69) is 10.6 Å². The van der Waals surface area contributed by atoms with Crippen LogP contribution in [0.4, 0.5) is 5.69 Å². The Labute approximate surface area is 175 Å². The van der Waals surface area contributed by atoms with Crippen molar-refractivity contribution >= 4 is 17.5 Å². The van der Waals surface area contributed by atoms with Gasteiger partial charge in [-0.1, -0.05) is 48.5 Å². The van der Waals surface area contributed by atoms with Crippen molar-refractivity contribution in [2.75, 3.05) is 5.32 Å². The van der Waals surface area contributed by atoms with Gasteiger partial charge in [0.25, 0.3) is 11.8 Å². The van der Waals surface area contributed by atoms with Crippen LogP contribution in [0.25, 0.3) is 0 Å². The zero-order chi connectivity index (χ0) is 21.3. The minimum absolute atomic E-state index is 0.288. The molecule has 0 fully saturated rings. The largest absolute Gasteiger partial charge is 0.480 e. The predicted molar refractivity (Wildman–Crippen MR) is 114 cm³/mol. The molecule has 3 aromatic rings. The van der Waals surface area contributed by atoms with E-state index in [9.17, 15) is 9.59 Å². The first-order chi connectivity index (χ1) is 14.6. The lowest BCUT2D eigenvalue weighted by Crippen LogP contribution is -2.31. The first-order valence-electron chi connectivity index (χ1n) is 9.45. The van der Waals surface area contributed by atoms with E-state index in [4.69, 9.17) is 10.00 Å². The van der Waals surface area contributed by atoms with Crippen LogP contribution in [0.15, 0.2) is 78.9 Å². The number of ether oxygens (including phenoxy) is 1. The number of nitrogens with one attached hydrogen (secondary N) is 2. The summed E-state index contributed by atoms with van der Waals surface area (Å²) in [6.07, 6.45) is -0.848. The molecule has 0 spiro atoms. The zero-order valence-corrected chi connectivity index (χ0v) is 16.5. The van der Waals surface area contributed by atoms with Crippen LogP contribution < -0.4 is 15.4 Å². The topological polar surface area (TPSA) is 91.2 Å². The fraction of sp³-hybridized carbons (Fsp3) is 0.125. The second-order valence-electron chi connectivity index (χ2n) is 6.61. The Bertz CT molecular complexity index is 1070. The lowest BCUT2D eigenvalue weighted by Gasteiger charge is -2.17. The van der Waals surface area contributed by atoms with Gasteiger partial charge in [0.05, 0.1) is 17.2 Å². The van der Waals surface area contributed by atoms with Crippen LogP contribution in [0.1, 0.15) is 28.4 Å².